The van der Waals surface area contributed by atoms with Gasteiger partial charge in [0, 0.05) is 4.47 Å². The number of hydrogen-bond donors (Lipinski definition) is 2. The molecule has 0 saturated carbocycles. The Balaban J connectivity index is 1.69. The predicted molar refractivity (Wildman–Crippen MR) is 81.0 cm³/mol. The van der Waals surface area contributed by atoms with E-state index < -0.39 is 0 Å². The van der Waals surface area contributed by atoms with Crippen molar-refractivity contribution in [2.24, 2.45) is 5.92 Å². The molecular weight excluding hydrogens is 288 g/mol. The first-order chi connectivity index (χ1) is 8.75. The van der Waals surface area contributed by atoms with Gasteiger partial charge in [-0.05, 0) is 81.5 Å². The minimum atomic E-state index is 0.870. The van der Waals surface area contributed by atoms with Crippen molar-refractivity contribution in [3.63, 3.8) is 0 Å². The van der Waals surface area contributed by atoms with E-state index >= 15 is 0 Å². The quantitative estimate of drug-likeness (QED) is 0.817. The summed E-state index contributed by atoms with van der Waals surface area (Å²) in [5.41, 5.74) is 2.84. The fourth-order valence-corrected chi connectivity index (χ4v) is 2.93. The lowest BCUT2D eigenvalue weighted by atomic mass is 9.98. The Morgan fingerprint density at radius 1 is 1.33 bits per heavy atom. The lowest BCUT2D eigenvalue weighted by molar-refractivity contribution is 0.358. The van der Waals surface area contributed by atoms with Gasteiger partial charge in [0.15, 0.2) is 0 Å². The second kappa shape index (κ2) is 7.27. The van der Waals surface area contributed by atoms with Crippen LogP contribution in [0.25, 0.3) is 0 Å². The zero-order valence-electron chi connectivity index (χ0n) is 11.1. The van der Waals surface area contributed by atoms with Crippen LogP contribution in [-0.2, 0) is 6.42 Å². The van der Waals surface area contributed by atoms with Crippen LogP contribution in [0.1, 0.15) is 24.0 Å². The molecular formula is C15H23BrN2. The van der Waals surface area contributed by atoms with Crippen LogP contribution < -0.4 is 10.6 Å². The topological polar surface area (TPSA) is 24.1 Å². The summed E-state index contributed by atoms with van der Waals surface area (Å²) in [5.74, 6) is 0.870. The zero-order valence-corrected chi connectivity index (χ0v) is 12.7. The second-order valence-electron chi connectivity index (χ2n) is 5.22. The van der Waals surface area contributed by atoms with Gasteiger partial charge in [-0.25, -0.2) is 0 Å². The Kier molecular flexibility index (Phi) is 5.67. The van der Waals surface area contributed by atoms with Crippen molar-refractivity contribution in [2.75, 3.05) is 26.2 Å². The monoisotopic (exact) mass is 310 g/mol. The van der Waals surface area contributed by atoms with E-state index in [1.54, 1.807) is 0 Å². The molecule has 0 aromatic heterocycles. The summed E-state index contributed by atoms with van der Waals surface area (Å²) in [5, 5.41) is 7.02. The number of halogens is 1. The Bertz CT molecular complexity index is 373. The molecule has 0 bridgehead atoms. The Morgan fingerprint density at radius 3 is 2.89 bits per heavy atom. The minimum absolute atomic E-state index is 0.870. The number of nitrogens with one attached hydrogen (secondary N) is 2. The van der Waals surface area contributed by atoms with Gasteiger partial charge in [0.1, 0.15) is 0 Å². The van der Waals surface area contributed by atoms with Crippen molar-refractivity contribution >= 4 is 15.9 Å². The summed E-state index contributed by atoms with van der Waals surface area (Å²) < 4.78 is 1.18. The van der Waals surface area contributed by atoms with Crippen LogP contribution in [0.15, 0.2) is 22.7 Å². The SMILES string of the molecule is Cc1ccc(Br)cc1CCNCC1CCNCC1. The molecule has 0 amide bonds. The number of hydrogen-bond acceptors (Lipinski definition) is 2. The van der Waals surface area contributed by atoms with Crippen molar-refractivity contribution in [3.8, 4) is 0 Å². The maximum atomic E-state index is 3.61. The van der Waals surface area contributed by atoms with Gasteiger partial charge in [-0.15, -0.1) is 0 Å². The van der Waals surface area contributed by atoms with E-state index in [1.807, 2.05) is 0 Å². The summed E-state index contributed by atoms with van der Waals surface area (Å²) in [7, 11) is 0. The van der Waals surface area contributed by atoms with Crippen LogP contribution in [-0.4, -0.2) is 26.2 Å². The average Bonchev–Trinajstić information content (AvgIpc) is 2.40. The maximum absolute atomic E-state index is 3.61. The summed E-state index contributed by atoms with van der Waals surface area (Å²) in [6.45, 7) is 6.83. The average molecular weight is 311 g/mol. The molecule has 0 atom stereocenters. The highest BCUT2D eigenvalue weighted by Crippen LogP contribution is 2.16. The minimum Gasteiger partial charge on any atom is -0.317 e. The molecule has 2 rings (SSSR count). The van der Waals surface area contributed by atoms with Crippen LogP contribution in [0.3, 0.4) is 0 Å². The Labute approximate surface area is 119 Å². The molecule has 100 valence electrons. The molecule has 18 heavy (non-hydrogen) atoms. The van der Waals surface area contributed by atoms with Crippen LogP contribution in [0.2, 0.25) is 0 Å². The third kappa shape index (κ3) is 4.38. The standard InChI is InChI=1S/C15H23BrN2/c1-12-2-3-15(16)10-14(12)6-9-18-11-13-4-7-17-8-5-13/h2-3,10,13,17-18H,4-9,11H2,1H3. The van der Waals surface area contributed by atoms with E-state index in [1.165, 1.54) is 48.1 Å². The van der Waals surface area contributed by atoms with Crippen LogP contribution in [0.5, 0.6) is 0 Å². The molecule has 0 radical (unpaired) electrons. The summed E-state index contributed by atoms with van der Waals surface area (Å²) in [6, 6.07) is 6.54. The van der Waals surface area contributed by atoms with E-state index in [9.17, 15) is 0 Å². The van der Waals surface area contributed by atoms with E-state index in [-0.39, 0.29) is 0 Å². The number of rotatable bonds is 5. The predicted octanol–water partition coefficient (Wildman–Crippen LogP) is 2.89. The smallest absolute Gasteiger partial charge is 0.0178 e. The highest BCUT2D eigenvalue weighted by atomic mass is 79.9. The van der Waals surface area contributed by atoms with Gasteiger partial charge >= 0.3 is 0 Å². The Morgan fingerprint density at radius 2 is 2.11 bits per heavy atom. The van der Waals surface area contributed by atoms with Crippen molar-refractivity contribution in [1.29, 1.82) is 0 Å². The molecule has 0 spiro atoms. The lowest BCUT2D eigenvalue weighted by Crippen LogP contribution is -2.34. The third-order valence-electron chi connectivity index (χ3n) is 3.77. The van der Waals surface area contributed by atoms with Crippen LogP contribution >= 0.6 is 15.9 Å². The summed E-state index contributed by atoms with van der Waals surface area (Å²) in [6.07, 6.45) is 3.77. The first kappa shape index (κ1) is 14.0. The van der Waals surface area contributed by atoms with Crippen LogP contribution in [0, 0.1) is 12.8 Å². The normalized spacial score (nSPS) is 17.0. The number of aryl methyl sites for hydroxylation is 1. The van der Waals surface area contributed by atoms with Gasteiger partial charge in [0.25, 0.3) is 0 Å². The van der Waals surface area contributed by atoms with Gasteiger partial charge < -0.3 is 10.6 Å². The van der Waals surface area contributed by atoms with E-state index in [4.69, 9.17) is 0 Å². The molecule has 1 aromatic rings. The van der Waals surface area contributed by atoms with Crippen molar-refractivity contribution < 1.29 is 0 Å². The first-order valence-corrected chi connectivity index (χ1v) is 7.71. The van der Waals surface area contributed by atoms with Gasteiger partial charge in [-0.1, -0.05) is 22.0 Å². The van der Waals surface area contributed by atoms with Crippen molar-refractivity contribution in [2.45, 2.75) is 26.2 Å². The van der Waals surface area contributed by atoms with E-state index in [0.717, 1.165) is 18.9 Å². The van der Waals surface area contributed by atoms with Crippen molar-refractivity contribution in [3.05, 3.63) is 33.8 Å². The van der Waals surface area contributed by atoms with Crippen molar-refractivity contribution in [1.82, 2.24) is 10.6 Å². The third-order valence-corrected chi connectivity index (χ3v) is 4.27. The molecule has 3 heteroatoms. The molecule has 2 N–H and O–H groups in total. The van der Waals surface area contributed by atoms with Gasteiger partial charge in [-0.3, -0.25) is 0 Å². The van der Waals surface area contributed by atoms with Crippen LogP contribution in [0.4, 0.5) is 0 Å². The lowest BCUT2D eigenvalue weighted by Gasteiger charge is -2.22. The fraction of sp³-hybridized carbons (Fsp3) is 0.600. The first-order valence-electron chi connectivity index (χ1n) is 6.92. The van der Waals surface area contributed by atoms with Gasteiger partial charge in [-0.2, -0.15) is 0 Å². The highest BCUT2D eigenvalue weighted by molar-refractivity contribution is 9.10. The molecule has 2 nitrogen and oxygen atoms in total. The van der Waals surface area contributed by atoms with E-state index in [2.05, 4.69) is 51.7 Å². The molecule has 0 unspecified atom stereocenters. The van der Waals surface area contributed by atoms with E-state index in [0.29, 0.717) is 0 Å². The molecule has 1 fully saturated rings. The summed E-state index contributed by atoms with van der Waals surface area (Å²) in [4.78, 5) is 0. The largest absolute Gasteiger partial charge is 0.317 e. The number of piperidine rings is 1. The highest BCUT2D eigenvalue weighted by Gasteiger charge is 2.11. The molecule has 1 aliphatic heterocycles. The molecule has 1 saturated heterocycles. The molecule has 1 heterocycles. The second-order valence-corrected chi connectivity index (χ2v) is 6.13. The maximum Gasteiger partial charge on any atom is 0.0178 e. The molecule has 0 aliphatic carbocycles. The Hall–Kier alpha value is -0.380. The molecule has 1 aromatic carbocycles. The summed E-state index contributed by atoms with van der Waals surface area (Å²) >= 11 is 3.54. The molecule has 1 aliphatic rings. The van der Waals surface area contributed by atoms with Gasteiger partial charge in [0.05, 0.1) is 0 Å². The van der Waals surface area contributed by atoms with Gasteiger partial charge in [0.2, 0.25) is 0 Å². The number of benzene rings is 1. The zero-order chi connectivity index (χ0) is 12.8. The fourth-order valence-electron chi connectivity index (χ4n) is 2.52.